The molecule has 5 rings (SSSR count). The van der Waals surface area contributed by atoms with Crippen molar-refractivity contribution in [3.63, 3.8) is 0 Å². The van der Waals surface area contributed by atoms with Crippen molar-refractivity contribution in [2.45, 2.75) is 32.3 Å². The maximum absolute atomic E-state index is 13.4. The van der Waals surface area contributed by atoms with Gasteiger partial charge in [-0.3, -0.25) is 9.20 Å². The first-order chi connectivity index (χ1) is 16.1. The number of amides is 1. The van der Waals surface area contributed by atoms with Crippen molar-refractivity contribution in [2.24, 2.45) is 0 Å². The van der Waals surface area contributed by atoms with Crippen LogP contribution < -0.4 is 0 Å². The summed E-state index contributed by atoms with van der Waals surface area (Å²) in [5.74, 6) is 0.0718. The first-order valence-corrected chi connectivity index (χ1v) is 12.5. The van der Waals surface area contributed by atoms with Crippen molar-refractivity contribution in [1.82, 2.24) is 14.3 Å². The largest absolute Gasteiger partial charge is 0.376 e. The highest BCUT2D eigenvalue weighted by molar-refractivity contribution is 7.15. The Kier molecular flexibility index (Phi) is 6.49. The number of thiazole rings is 1. The SMILES string of the molecule is Cc1ccccc1C(=O)N(CCc1csc2nc(-c3ccc(Cl)cc3)cn12)CC1CCCO1. The summed E-state index contributed by atoms with van der Waals surface area (Å²) in [4.78, 5) is 21.1. The molecule has 7 heteroatoms. The van der Waals surface area contributed by atoms with E-state index in [4.69, 9.17) is 21.3 Å². The predicted molar refractivity (Wildman–Crippen MR) is 133 cm³/mol. The molecule has 3 heterocycles. The number of fused-ring (bicyclic) bond motifs is 1. The number of carbonyl (C=O) groups is 1. The van der Waals surface area contributed by atoms with Crippen LogP contribution in [-0.4, -0.2) is 46.0 Å². The van der Waals surface area contributed by atoms with Gasteiger partial charge in [0.15, 0.2) is 4.96 Å². The Morgan fingerprint density at radius 3 is 2.82 bits per heavy atom. The van der Waals surface area contributed by atoms with Crippen molar-refractivity contribution in [3.05, 3.63) is 82.0 Å². The van der Waals surface area contributed by atoms with Crippen LogP contribution in [0, 0.1) is 6.92 Å². The molecule has 2 aromatic carbocycles. The van der Waals surface area contributed by atoms with E-state index in [0.29, 0.717) is 18.1 Å². The molecule has 0 bridgehead atoms. The monoisotopic (exact) mass is 479 g/mol. The molecule has 0 aliphatic carbocycles. The van der Waals surface area contributed by atoms with E-state index in [1.165, 1.54) is 0 Å². The number of imidazole rings is 1. The van der Waals surface area contributed by atoms with E-state index in [1.807, 2.05) is 60.4 Å². The summed E-state index contributed by atoms with van der Waals surface area (Å²) < 4.78 is 7.99. The van der Waals surface area contributed by atoms with Gasteiger partial charge in [0.25, 0.3) is 5.91 Å². The average molecular weight is 480 g/mol. The lowest BCUT2D eigenvalue weighted by Crippen LogP contribution is -2.39. The van der Waals surface area contributed by atoms with Gasteiger partial charge in [-0.25, -0.2) is 4.98 Å². The van der Waals surface area contributed by atoms with Crippen LogP contribution in [-0.2, 0) is 11.2 Å². The Morgan fingerprint density at radius 2 is 2.06 bits per heavy atom. The predicted octanol–water partition coefficient (Wildman–Crippen LogP) is 5.89. The van der Waals surface area contributed by atoms with Crippen LogP contribution in [0.3, 0.4) is 0 Å². The van der Waals surface area contributed by atoms with Crippen LogP contribution in [0.2, 0.25) is 5.02 Å². The minimum absolute atomic E-state index is 0.0718. The highest BCUT2D eigenvalue weighted by Gasteiger charge is 2.24. The molecule has 0 spiro atoms. The summed E-state index contributed by atoms with van der Waals surface area (Å²) in [7, 11) is 0. The molecule has 4 aromatic rings. The molecule has 0 saturated carbocycles. The molecule has 33 heavy (non-hydrogen) atoms. The summed E-state index contributed by atoms with van der Waals surface area (Å²) in [5, 5.41) is 2.85. The number of aromatic nitrogens is 2. The van der Waals surface area contributed by atoms with E-state index in [0.717, 1.165) is 58.9 Å². The number of nitrogens with zero attached hydrogens (tertiary/aromatic N) is 3. The molecule has 170 valence electrons. The third-order valence-corrected chi connectivity index (χ3v) is 7.31. The molecule has 1 saturated heterocycles. The molecular formula is C26H26ClN3O2S. The van der Waals surface area contributed by atoms with E-state index in [1.54, 1.807) is 11.3 Å². The molecule has 1 amide bonds. The minimum atomic E-state index is 0.0718. The summed E-state index contributed by atoms with van der Waals surface area (Å²) in [6.07, 6.45) is 5.00. The van der Waals surface area contributed by atoms with Crippen molar-refractivity contribution in [2.75, 3.05) is 19.7 Å². The third-order valence-electron chi connectivity index (χ3n) is 6.17. The topological polar surface area (TPSA) is 46.8 Å². The highest BCUT2D eigenvalue weighted by atomic mass is 35.5. The first-order valence-electron chi connectivity index (χ1n) is 11.3. The van der Waals surface area contributed by atoms with Gasteiger partial charge >= 0.3 is 0 Å². The van der Waals surface area contributed by atoms with E-state index < -0.39 is 0 Å². The maximum atomic E-state index is 13.4. The van der Waals surface area contributed by atoms with Gasteiger partial charge in [-0.1, -0.05) is 41.9 Å². The second-order valence-corrected chi connectivity index (χ2v) is 9.74. The van der Waals surface area contributed by atoms with Gasteiger partial charge in [-0.15, -0.1) is 11.3 Å². The van der Waals surface area contributed by atoms with Gasteiger partial charge in [-0.05, 0) is 43.5 Å². The Balaban J connectivity index is 1.36. The normalized spacial score (nSPS) is 15.9. The lowest BCUT2D eigenvalue weighted by molar-refractivity contribution is 0.0527. The number of ether oxygens (including phenoxy) is 1. The lowest BCUT2D eigenvalue weighted by atomic mass is 10.1. The summed E-state index contributed by atoms with van der Waals surface area (Å²) >= 11 is 7.65. The van der Waals surface area contributed by atoms with E-state index >= 15 is 0 Å². The number of hydrogen-bond donors (Lipinski definition) is 0. The second-order valence-electron chi connectivity index (χ2n) is 8.46. The molecule has 5 nitrogen and oxygen atoms in total. The fraction of sp³-hybridized carbons (Fsp3) is 0.308. The van der Waals surface area contributed by atoms with Crippen LogP contribution >= 0.6 is 22.9 Å². The number of carbonyl (C=O) groups excluding carboxylic acids is 1. The highest BCUT2D eigenvalue weighted by Crippen LogP contribution is 2.25. The van der Waals surface area contributed by atoms with E-state index in [9.17, 15) is 4.79 Å². The van der Waals surface area contributed by atoms with Gasteiger partial charge in [0, 0.05) is 59.5 Å². The number of benzene rings is 2. The Bertz CT molecular complexity index is 1260. The molecular weight excluding hydrogens is 454 g/mol. The number of halogens is 1. The first kappa shape index (κ1) is 22.1. The summed E-state index contributed by atoms with van der Waals surface area (Å²) in [6, 6.07) is 15.5. The van der Waals surface area contributed by atoms with Crippen LogP contribution in [0.4, 0.5) is 0 Å². The Hall–Kier alpha value is -2.67. The van der Waals surface area contributed by atoms with Crippen LogP contribution in [0.15, 0.2) is 60.1 Å². The Morgan fingerprint density at radius 1 is 1.24 bits per heavy atom. The average Bonchev–Trinajstić information content (AvgIpc) is 3.55. The minimum Gasteiger partial charge on any atom is -0.376 e. The van der Waals surface area contributed by atoms with Crippen molar-refractivity contribution in [3.8, 4) is 11.3 Å². The van der Waals surface area contributed by atoms with Crippen molar-refractivity contribution >= 4 is 33.8 Å². The second kappa shape index (κ2) is 9.67. The van der Waals surface area contributed by atoms with Gasteiger partial charge < -0.3 is 9.64 Å². The number of rotatable bonds is 7. The van der Waals surface area contributed by atoms with Crippen molar-refractivity contribution in [1.29, 1.82) is 0 Å². The molecule has 0 radical (unpaired) electrons. The maximum Gasteiger partial charge on any atom is 0.254 e. The van der Waals surface area contributed by atoms with Gasteiger partial charge in [0.05, 0.1) is 11.8 Å². The zero-order chi connectivity index (χ0) is 22.8. The zero-order valence-corrected chi connectivity index (χ0v) is 20.1. The molecule has 1 aliphatic heterocycles. The van der Waals surface area contributed by atoms with Gasteiger partial charge in [0.1, 0.15) is 0 Å². The molecule has 1 fully saturated rings. The smallest absolute Gasteiger partial charge is 0.254 e. The Labute approximate surface area is 202 Å². The third kappa shape index (κ3) is 4.83. The molecule has 1 unspecified atom stereocenters. The van der Waals surface area contributed by atoms with Crippen molar-refractivity contribution < 1.29 is 9.53 Å². The van der Waals surface area contributed by atoms with E-state index in [-0.39, 0.29) is 12.0 Å². The standard InChI is InChI=1S/C26H26ClN3O2S/c1-18-5-2-3-7-23(18)25(31)29(15-22-6-4-14-32-22)13-12-21-17-33-26-28-24(16-30(21)26)19-8-10-20(27)11-9-19/h2-3,5,7-11,16-17,22H,4,6,12-15H2,1H3. The number of aryl methyl sites for hydroxylation is 1. The van der Waals surface area contributed by atoms with Crippen LogP contribution in [0.1, 0.15) is 34.5 Å². The molecule has 0 N–H and O–H groups in total. The molecule has 1 aliphatic rings. The summed E-state index contributed by atoms with van der Waals surface area (Å²) in [6.45, 7) is 4.03. The zero-order valence-electron chi connectivity index (χ0n) is 18.5. The molecule has 1 atom stereocenters. The van der Waals surface area contributed by atoms with Crippen LogP contribution in [0.5, 0.6) is 0 Å². The molecule has 2 aromatic heterocycles. The van der Waals surface area contributed by atoms with E-state index in [2.05, 4.69) is 16.0 Å². The van der Waals surface area contributed by atoms with Gasteiger partial charge in [-0.2, -0.15) is 0 Å². The van der Waals surface area contributed by atoms with Crippen LogP contribution in [0.25, 0.3) is 16.2 Å². The number of hydrogen-bond acceptors (Lipinski definition) is 4. The fourth-order valence-corrected chi connectivity index (χ4v) is 5.34. The van der Waals surface area contributed by atoms with Gasteiger partial charge in [0.2, 0.25) is 0 Å². The quantitative estimate of drug-likeness (QED) is 0.332. The fourth-order valence-electron chi connectivity index (χ4n) is 4.31. The lowest BCUT2D eigenvalue weighted by Gasteiger charge is -2.26. The summed E-state index contributed by atoms with van der Waals surface area (Å²) in [5.41, 5.74) is 4.87.